The van der Waals surface area contributed by atoms with E-state index in [4.69, 9.17) is 0 Å². The molecule has 2 aromatic carbocycles. The SMILES string of the molecule is Cc1ccc(C)c(CSc2nnc([C@H](C)N(C)C)n2-c2ccc(F)cc2)c1. The molecule has 6 heteroatoms. The molecule has 0 N–H and O–H groups in total. The first-order valence-electron chi connectivity index (χ1n) is 8.93. The molecule has 0 saturated carbocycles. The summed E-state index contributed by atoms with van der Waals surface area (Å²) in [5, 5.41) is 9.70. The third-order valence-electron chi connectivity index (χ3n) is 4.75. The maximum atomic E-state index is 13.4. The predicted octanol–water partition coefficient (Wildman–Crippen LogP) is 4.94. The zero-order valence-electron chi connectivity index (χ0n) is 16.4. The zero-order valence-corrected chi connectivity index (χ0v) is 17.2. The molecule has 1 aromatic heterocycles. The number of hydrogen-bond acceptors (Lipinski definition) is 4. The molecule has 0 bridgehead atoms. The second kappa shape index (κ2) is 8.23. The van der Waals surface area contributed by atoms with Crippen LogP contribution in [0.3, 0.4) is 0 Å². The zero-order chi connectivity index (χ0) is 19.6. The van der Waals surface area contributed by atoms with Crippen molar-refractivity contribution in [3.8, 4) is 5.69 Å². The van der Waals surface area contributed by atoms with Gasteiger partial charge in [-0.05, 0) is 70.3 Å². The molecule has 0 unspecified atom stereocenters. The van der Waals surface area contributed by atoms with E-state index in [9.17, 15) is 4.39 Å². The molecule has 3 aromatic rings. The Hall–Kier alpha value is -2.18. The largest absolute Gasteiger partial charge is 0.300 e. The third kappa shape index (κ3) is 4.39. The molecule has 4 nitrogen and oxygen atoms in total. The van der Waals surface area contributed by atoms with Crippen LogP contribution in [0.2, 0.25) is 0 Å². The van der Waals surface area contributed by atoms with Gasteiger partial charge in [-0.2, -0.15) is 0 Å². The van der Waals surface area contributed by atoms with Crippen molar-refractivity contribution in [3.63, 3.8) is 0 Å². The van der Waals surface area contributed by atoms with Crippen molar-refractivity contribution < 1.29 is 4.39 Å². The number of rotatable bonds is 6. The van der Waals surface area contributed by atoms with Gasteiger partial charge < -0.3 is 0 Å². The molecule has 0 saturated heterocycles. The summed E-state index contributed by atoms with van der Waals surface area (Å²) in [6, 6.07) is 13.1. The molecular weight excluding hydrogens is 359 g/mol. The van der Waals surface area contributed by atoms with E-state index in [1.165, 1.54) is 28.8 Å². The maximum Gasteiger partial charge on any atom is 0.196 e. The number of hydrogen-bond donors (Lipinski definition) is 0. The van der Waals surface area contributed by atoms with Crippen LogP contribution in [-0.2, 0) is 5.75 Å². The Morgan fingerprint density at radius 1 is 1.07 bits per heavy atom. The summed E-state index contributed by atoms with van der Waals surface area (Å²) < 4.78 is 15.4. The first-order valence-corrected chi connectivity index (χ1v) is 9.92. The molecule has 1 heterocycles. The lowest BCUT2D eigenvalue weighted by Gasteiger charge is -2.20. The van der Waals surface area contributed by atoms with Crippen molar-refractivity contribution in [2.24, 2.45) is 0 Å². The van der Waals surface area contributed by atoms with Crippen LogP contribution < -0.4 is 0 Å². The number of aryl methyl sites for hydroxylation is 2. The first kappa shape index (κ1) is 19.6. The van der Waals surface area contributed by atoms with E-state index < -0.39 is 0 Å². The Morgan fingerprint density at radius 3 is 2.44 bits per heavy atom. The van der Waals surface area contributed by atoms with Crippen molar-refractivity contribution in [1.29, 1.82) is 0 Å². The summed E-state index contributed by atoms with van der Waals surface area (Å²) >= 11 is 1.65. The fraction of sp³-hybridized carbons (Fsp3) is 0.333. The molecular formula is C21H25FN4S. The maximum absolute atomic E-state index is 13.4. The van der Waals surface area contributed by atoms with Crippen LogP contribution in [0, 0.1) is 19.7 Å². The Bertz CT molecular complexity index is 918. The lowest BCUT2D eigenvalue weighted by atomic mass is 10.1. The molecule has 3 rings (SSSR count). The molecule has 142 valence electrons. The first-order chi connectivity index (χ1) is 12.9. The van der Waals surface area contributed by atoms with Gasteiger partial charge in [-0.15, -0.1) is 10.2 Å². The van der Waals surface area contributed by atoms with Gasteiger partial charge >= 0.3 is 0 Å². The van der Waals surface area contributed by atoms with Gasteiger partial charge in [0.15, 0.2) is 11.0 Å². The van der Waals surface area contributed by atoms with Crippen LogP contribution >= 0.6 is 11.8 Å². The van der Waals surface area contributed by atoms with Crippen LogP contribution in [0.4, 0.5) is 4.39 Å². The van der Waals surface area contributed by atoms with E-state index in [-0.39, 0.29) is 11.9 Å². The summed E-state index contributed by atoms with van der Waals surface area (Å²) in [4.78, 5) is 2.09. The van der Waals surface area contributed by atoms with E-state index >= 15 is 0 Å². The van der Waals surface area contributed by atoms with E-state index in [1.54, 1.807) is 23.9 Å². The van der Waals surface area contributed by atoms with Crippen molar-refractivity contribution >= 4 is 11.8 Å². The average molecular weight is 385 g/mol. The quantitative estimate of drug-likeness (QED) is 0.564. The fourth-order valence-electron chi connectivity index (χ4n) is 2.81. The van der Waals surface area contributed by atoms with Crippen molar-refractivity contribution in [2.45, 2.75) is 37.7 Å². The Balaban J connectivity index is 1.97. The molecule has 0 spiro atoms. The Labute approximate surface area is 164 Å². The monoisotopic (exact) mass is 384 g/mol. The number of benzene rings is 2. The highest BCUT2D eigenvalue weighted by atomic mass is 32.2. The lowest BCUT2D eigenvalue weighted by molar-refractivity contribution is 0.305. The molecule has 0 aliphatic heterocycles. The highest BCUT2D eigenvalue weighted by Crippen LogP contribution is 2.29. The summed E-state index contributed by atoms with van der Waals surface area (Å²) in [5.41, 5.74) is 4.67. The minimum Gasteiger partial charge on any atom is -0.300 e. The van der Waals surface area contributed by atoms with Crippen LogP contribution in [-0.4, -0.2) is 33.8 Å². The van der Waals surface area contributed by atoms with Crippen LogP contribution in [0.5, 0.6) is 0 Å². The second-order valence-corrected chi connectivity index (χ2v) is 7.95. The van der Waals surface area contributed by atoms with E-state index in [1.807, 2.05) is 18.7 Å². The van der Waals surface area contributed by atoms with Gasteiger partial charge in [-0.1, -0.05) is 35.5 Å². The van der Waals surface area contributed by atoms with Crippen LogP contribution in [0.1, 0.15) is 35.5 Å². The van der Waals surface area contributed by atoms with Crippen LogP contribution in [0.15, 0.2) is 47.6 Å². The minimum absolute atomic E-state index is 0.0811. The normalized spacial score (nSPS) is 12.6. The number of nitrogens with zero attached hydrogens (tertiary/aromatic N) is 4. The molecule has 0 aliphatic carbocycles. The van der Waals surface area contributed by atoms with Crippen molar-refractivity contribution in [3.05, 3.63) is 70.8 Å². The van der Waals surface area contributed by atoms with Crippen molar-refractivity contribution in [2.75, 3.05) is 14.1 Å². The molecule has 0 radical (unpaired) electrons. The number of aromatic nitrogens is 3. The predicted molar refractivity (Wildman–Crippen MR) is 109 cm³/mol. The second-order valence-electron chi connectivity index (χ2n) is 7.01. The molecule has 27 heavy (non-hydrogen) atoms. The lowest BCUT2D eigenvalue weighted by Crippen LogP contribution is -2.20. The van der Waals surface area contributed by atoms with Gasteiger partial charge in [0.05, 0.1) is 6.04 Å². The van der Waals surface area contributed by atoms with Gasteiger partial charge in [0, 0.05) is 11.4 Å². The number of thioether (sulfide) groups is 1. The molecule has 1 atom stereocenters. The van der Waals surface area contributed by atoms with Gasteiger partial charge in [-0.25, -0.2) is 4.39 Å². The Morgan fingerprint density at radius 2 is 1.78 bits per heavy atom. The molecule has 0 amide bonds. The van der Waals surface area contributed by atoms with E-state index in [0.717, 1.165) is 22.4 Å². The Kier molecular flexibility index (Phi) is 5.97. The smallest absolute Gasteiger partial charge is 0.196 e. The fourth-order valence-corrected chi connectivity index (χ4v) is 3.83. The topological polar surface area (TPSA) is 34.0 Å². The summed E-state index contributed by atoms with van der Waals surface area (Å²) in [7, 11) is 4.02. The van der Waals surface area contributed by atoms with Gasteiger partial charge in [-0.3, -0.25) is 9.47 Å². The van der Waals surface area contributed by atoms with Crippen LogP contribution in [0.25, 0.3) is 5.69 Å². The number of halogens is 1. The molecule has 0 aliphatic rings. The van der Waals surface area contributed by atoms with Gasteiger partial charge in [0.25, 0.3) is 0 Å². The summed E-state index contributed by atoms with van der Waals surface area (Å²) in [6.07, 6.45) is 0. The average Bonchev–Trinajstić information content (AvgIpc) is 3.06. The highest BCUT2D eigenvalue weighted by molar-refractivity contribution is 7.98. The highest BCUT2D eigenvalue weighted by Gasteiger charge is 2.21. The third-order valence-corrected chi connectivity index (χ3v) is 5.73. The summed E-state index contributed by atoms with van der Waals surface area (Å²) in [5.74, 6) is 1.40. The molecule has 0 fully saturated rings. The standard InChI is InChI=1S/C21H25FN4S/c1-14-6-7-15(2)17(12-14)13-27-21-24-23-20(16(3)25(4)5)26(21)19-10-8-18(22)9-11-19/h6-12,16H,13H2,1-5H3/t16-/m0/s1. The van der Waals surface area contributed by atoms with E-state index in [0.29, 0.717) is 0 Å². The van der Waals surface area contributed by atoms with Crippen molar-refractivity contribution in [1.82, 2.24) is 19.7 Å². The summed E-state index contributed by atoms with van der Waals surface area (Å²) in [6.45, 7) is 6.31. The minimum atomic E-state index is -0.251. The van der Waals surface area contributed by atoms with E-state index in [2.05, 4.69) is 54.1 Å². The van der Waals surface area contributed by atoms with Gasteiger partial charge in [0.2, 0.25) is 0 Å². The van der Waals surface area contributed by atoms with Gasteiger partial charge in [0.1, 0.15) is 5.82 Å².